The van der Waals surface area contributed by atoms with Gasteiger partial charge < -0.3 is 10.5 Å². The molecular formula is C16H27NO. The quantitative estimate of drug-likeness (QED) is 0.883. The van der Waals surface area contributed by atoms with Crippen LogP contribution in [0.3, 0.4) is 0 Å². The van der Waals surface area contributed by atoms with Gasteiger partial charge in [-0.25, -0.2) is 0 Å². The Kier molecular flexibility index (Phi) is 4.44. The first-order valence-corrected chi connectivity index (χ1v) is 6.60. The van der Waals surface area contributed by atoms with E-state index in [9.17, 15) is 0 Å². The topological polar surface area (TPSA) is 35.2 Å². The highest BCUT2D eigenvalue weighted by Crippen LogP contribution is 2.29. The minimum absolute atomic E-state index is 0.136. The van der Waals surface area contributed by atoms with Gasteiger partial charge >= 0.3 is 0 Å². The zero-order valence-corrected chi connectivity index (χ0v) is 12.6. The van der Waals surface area contributed by atoms with Gasteiger partial charge in [0.1, 0.15) is 5.75 Å². The second kappa shape index (κ2) is 5.31. The van der Waals surface area contributed by atoms with Crippen molar-refractivity contribution in [1.29, 1.82) is 0 Å². The third-order valence-corrected chi connectivity index (χ3v) is 3.19. The van der Waals surface area contributed by atoms with Gasteiger partial charge in [-0.2, -0.15) is 0 Å². The van der Waals surface area contributed by atoms with Crippen molar-refractivity contribution in [2.75, 3.05) is 7.11 Å². The van der Waals surface area contributed by atoms with Crippen LogP contribution in [0.15, 0.2) is 18.2 Å². The van der Waals surface area contributed by atoms with Crippen molar-refractivity contribution in [3.05, 3.63) is 29.3 Å². The molecule has 0 aromatic heterocycles. The molecule has 2 N–H and O–H groups in total. The number of methoxy groups -OCH3 is 1. The molecule has 0 aliphatic rings. The molecule has 0 spiro atoms. The molecule has 102 valence electrons. The van der Waals surface area contributed by atoms with Gasteiger partial charge in [0.05, 0.1) is 7.11 Å². The first-order chi connectivity index (χ1) is 8.13. The van der Waals surface area contributed by atoms with E-state index in [2.05, 4.69) is 52.8 Å². The maximum atomic E-state index is 6.06. The van der Waals surface area contributed by atoms with E-state index in [-0.39, 0.29) is 11.0 Å². The molecule has 0 saturated carbocycles. The summed E-state index contributed by atoms with van der Waals surface area (Å²) in [6, 6.07) is 6.47. The van der Waals surface area contributed by atoms with Crippen LogP contribution in [0.4, 0.5) is 0 Å². The molecule has 2 nitrogen and oxygen atoms in total. The van der Waals surface area contributed by atoms with E-state index in [0.717, 1.165) is 18.6 Å². The van der Waals surface area contributed by atoms with Crippen LogP contribution in [0.1, 0.15) is 52.2 Å². The smallest absolute Gasteiger partial charge is 0.122 e. The summed E-state index contributed by atoms with van der Waals surface area (Å²) in [5.74, 6) is 0.965. The molecule has 0 amide bonds. The summed E-state index contributed by atoms with van der Waals surface area (Å²) in [6.45, 7) is 10.8. The lowest BCUT2D eigenvalue weighted by molar-refractivity contribution is 0.403. The highest BCUT2D eigenvalue weighted by atomic mass is 16.5. The molecule has 0 radical (unpaired) electrons. The largest absolute Gasteiger partial charge is 0.496 e. The normalized spacial score (nSPS) is 12.6. The van der Waals surface area contributed by atoms with Crippen LogP contribution >= 0.6 is 0 Å². The lowest BCUT2D eigenvalue weighted by Gasteiger charge is -2.23. The molecule has 0 aliphatic carbocycles. The standard InChI is InChI=1S/C16H27NO/c1-15(2,3)13-7-8-14(18-6)12(11-13)9-10-16(4,5)17/h7-8,11H,9-10,17H2,1-6H3. The lowest BCUT2D eigenvalue weighted by Crippen LogP contribution is -2.32. The predicted molar refractivity (Wildman–Crippen MR) is 78.3 cm³/mol. The molecule has 1 rings (SSSR count). The summed E-state index contributed by atoms with van der Waals surface area (Å²) in [5.41, 5.74) is 8.68. The molecule has 0 saturated heterocycles. The number of aryl methyl sites for hydroxylation is 1. The van der Waals surface area contributed by atoms with Gasteiger partial charge in [0, 0.05) is 5.54 Å². The van der Waals surface area contributed by atoms with Crippen LogP contribution in [0, 0.1) is 0 Å². The van der Waals surface area contributed by atoms with Crippen molar-refractivity contribution in [1.82, 2.24) is 0 Å². The van der Waals surface area contributed by atoms with E-state index in [1.165, 1.54) is 11.1 Å². The molecule has 0 unspecified atom stereocenters. The van der Waals surface area contributed by atoms with Gasteiger partial charge in [0.25, 0.3) is 0 Å². The summed E-state index contributed by atoms with van der Waals surface area (Å²) in [7, 11) is 1.73. The van der Waals surface area contributed by atoms with Gasteiger partial charge in [-0.3, -0.25) is 0 Å². The van der Waals surface area contributed by atoms with Crippen LogP contribution in [0.25, 0.3) is 0 Å². The van der Waals surface area contributed by atoms with Crippen LogP contribution < -0.4 is 10.5 Å². The van der Waals surface area contributed by atoms with E-state index in [1.807, 2.05) is 0 Å². The van der Waals surface area contributed by atoms with Crippen LogP contribution in [-0.4, -0.2) is 12.6 Å². The second-order valence-electron chi connectivity index (χ2n) is 6.77. The fourth-order valence-corrected chi connectivity index (χ4v) is 1.90. The fraction of sp³-hybridized carbons (Fsp3) is 0.625. The highest BCUT2D eigenvalue weighted by Gasteiger charge is 2.17. The number of rotatable bonds is 4. The minimum atomic E-state index is -0.136. The Labute approximate surface area is 112 Å². The van der Waals surface area contributed by atoms with Crippen molar-refractivity contribution in [2.45, 2.75) is 58.4 Å². The first-order valence-electron chi connectivity index (χ1n) is 6.60. The van der Waals surface area contributed by atoms with E-state index < -0.39 is 0 Å². The average molecular weight is 249 g/mol. The van der Waals surface area contributed by atoms with E-state index in [1.54, 1.807) is 7.11 Å². The molecule has 1 aromatic carbocycles. The summed E-state index contributed by atoms with van der Waals surface area (Å²) < 4.78 is 5.44. The number of benzene rings is 1. The number of hydrogen-bond donors (Lipinski definition) is 1. The summed E-state index contributed by atoms with van der Waals surface area (Å²) in [4.78, 5) is 0. The van der Waals surface area contributed by atoms with Crippen molar-refractivity contribution in [2.24, 2.45) is 5.73 Å². The molecule has 0 bridgehead atoms. The summed E-state index contributed by atoms with van der Waals surface area (Å²) in [6.07, 6.45) is 1.91. The number of hydrogen-bond acceptors (Lipinski definition) is 2. The van der Waals surface area contributed by atoms with Gasteiger partial charge in [-0.15, -0.1) is 0 Å². The molecule has 0 heterocycles. The number of ether oxygens (including phenoxy) is 1. The van der Waals surface area contributed by atoms with E-state index in [4.69, 9.17) is 10.5 Å². The zero-order valence-electron chi connectivity index (χ0n) is 12.6. The van der Waals surface area contributed by atoms with Crippen molar-refractivity contribution < 1.29 is 4.74 Å². The van der Waals surface area contributed by atoms with Gasteiger partial charge in [0.15, 0.2) is 0 Å². The van der Waals surface area contributed by atoms with Crippen LogP contribution in [-0.2, 0) is 11.8 Å². The monoisotopic (exact) mass is 249 g/mol. The van der Waals surface area contributed by atoms with Crippen molar-refractivity contribution >= 4 is 0 Å². The maximum absolute atomic E-state index is 6.06. The Bertz CT molecular complexity index is 397. The van der Waals surface area contributed by atoms with E-state index in [0.29, 0.717) is 0 Å². The van der Waals surface area contributed by atoms with Crippen LogP contribution in [0.5, 0.6) is 5.75 Å². The Hall–Kier alpha value is -1.02. The fourth-order valence-electron chi connectivity index (χ4n) is 1.90. The highest BCUT2D eigenvalue weighted by molar-refractivity contribution is 5.39. The predicted octanol–water partition coefficient (Wildman–Crippen LogP) is 3.66. The summed E-state index contributed by atoms with van der Waals surface area (Å²) >= 11 is 0. The molecule has 0 atom stereocenters. The van der Waals surface area contributed by atoms with E-state index >= 15 is 0 Å². The van der Waals surface area contributed by atoms with Crippen LogP contribution in [0.2, 0.25) is 0 Å². The average Bonchev–Trinajstić information content (AvgIpc) is 2.23. The van der Waals surface area contributed by atoms with Crippen molar-refractivity contribution in [3.63, 3.8) is 0 Å². The second-order valence-corrected chi connectivity index (χ2v) is 6.77. The van der Waals surface area contributed by atoms with Gasteiger partial charge in [-0.05, 0) is 49.3 Å². The Balaban J connectivity index is 3.00. The Morgan fingerprint density at radius 1 is 1.11 bits per heavy atom. The van der Waals surface area contributed by atoms with Gasteiger partial charge in [0.2, 0.25) is 0 Å². The Morgan fingerprint density at radius 3 is 2.17 bits per heavy atom. The maximum Gasteiger partial charge on any atom is 0.122 e. The SMILES string of the molecule is COc1ccc(C(C)(C)C)cc1CCC(C)(C)N. The summed E-state index contributed by atoms with van der Waals surface area (Å²) in [5, 5.41) is 0. The lowest BCUT2D eigenvalue weighted by atomic mass is 9.85. The van der Waals surface area contributed by atoms with Gasteiger partial charge in [-0.1, -0.05) is 32.9 Å². The first kappa shape index (κ1) is 15.0. The zero-order chi connectivity index (χ0) is 14.0. The van der Waals surface area contributed by atoms with Crippen molar-refractivity contribution in [3.8, 4) is 5.75 Å². The molecule has 1 aromatic rings. The number of nitrogens with two attached hydrogens (primary N) is 1. The molecule has 18 heavy (non-hydrogen) atoms. The minimum Gasteiger partial charge on any atom is -0.496 e. The molecular weight excluding hydrogens is 222 g/mol. The third-order valence-electron chi connectivity index (χ3n) is 3.19. The molecule has 2 heteroatoms. The molecule has 0 fully saturated rings. The molecule has 0 aliphatic heterocycles. The Morgan fingerprint density at radius 2 is 1.72 bits per heavy atom. The third kappa shape index (κ3) is 4.34.